The Kier molecular flexibility index (Phi) is 9.17. The molecular formula is C25H36O9. The molecule has 0 spiro atoms. The third kappa shape index (κ3) is 6.60. The minimum absolute atomic E-state index is 0.288. The lowest BCUT2D eigenvalue weighted by Crippen LogP contribution is -2.51. The summed E-state index contributed by atoms with van der Waals surface area (Å²) < 4.78 is 35.0. The monoisotopic (exact) mass is 480 g/mol. The van der Waals surface area contributed by atoms with E-state index in [1.807, 2.05) is 20.8 Å². The number of carbonyl (C=O) groups excluding carboxylic acids is 3. The van der Waals surface area contributed by atoms with Gasteiger partial charge in [0, 0.05) is 20.0 Å². The largest absolute Gasteiger partial charge is 0.456 e. The van der Waals surface area contributed by atoms with Crippen molar-refractivity contribution in [1.82, 2.24) is 0 Å². The zero-order valence-electron chi connectivity index (χ0n) is 20.4. The summed E-state index contributed by atoms with van der Waals surface area (Å²) in [6.45, 7) is 11.3. The second kappa shape index (κ2) is 11.7. The van der Waals surface area contributed by atoms with Crippen LogP contribution in [0.3, 0.4) is 0 Å². The molecule has 3 heterocycles. The molecule has 3 aliphatic rings. The number of Topliss-reactive ketones (excluding diaryl/α,β-unsaturated/α-hetero) is 1. The van der Waals surface area contributed by atoms with Crippen LogP contribution in [0.25, 0.3) is 0 Å². The Morgan fingerprint density at radius 2 is 2.06 bits per heavy atom. The average Bonchev–Trinajstić information content (AvgIpc) is 3.27. The second-order valence-electron chi connectivity index (χ2n) is 9.28. The van der Waals surface area contributed by atoms with E-state index in [2.05, 4.69) is 6.58 Å². The van der Waals surface area contributed by atoms with Gasteiger partial charge in [-0.25, -0.2) is 0 Å². The van der Waals surface area contributed by atoms with Crippen LogP contribution in [-0.2, 0) is 42.8 Å². The number of carbonyl (C=O) groups is 3. The molecule has 0 aliphatic carbocycles. The van der Waals surface area contributed by atoms with Gasteiger partial charge in [0.05, 0.1) is 24.9 Å². The predicted molar refractivity (Wildman–Crippen MR) is 121 cm³/mol. The Balaban J connectivity index is 1.82. The minimum Gasteiger partial charge on any atom is -0.456 e. The van der Waals surface area contributed by atoms with Gasteiger partial charge in [-0.05, 0) is 32.8 Å². The first-order valence-electron chi connectivity index (χ1n) is 11.9. The van der Waals surface area contributed by atoms with E-state index in [0.29, 0.717) is 26.1 Å². The van der Waals surface area contributed by atoms with Crippen molar-refractivity contribution < 1.29 is 42.8 Å². The van der Waals surface area contributed by atoms with Crippen molar-refractivity contribution >= 4 is 17.5 Å². The molecular weight excluding hydrogens is 444 g/mol. The summed E-state index contributed by atoms with van der Waals surface area (Å²) in [5, 5.41) is 0. The van der Waals surface area contributed by atoms with E-state index in [4.69, 9.17) is 28.4 Å². The number of hydrogen-bond donors (Lipinski definition) is 0. The summed E-state index contributed by atoms with van der Waals surface area (Å²) >= 11 is 0. The fourth-order valence-electron chi connectivity index (χ4n) is 4.38. The molecule has 190 valence electrons. The van der Waals surface area contributed by atoms with Crippen LogP contribution >= 0.6 is 0 Å². The Bertz CT molecular complexity index is 789. The summed E-state index contributed by atoms with van der Waals surface area (Å²) in [6.07, 6.45) is 1.33. The number of esters is 1. The van der Waals surface area contributed by atoms with E-state index in [-0.39, 0.29) is 11.9 Å². The van der Waals surface area contributed by atoms with Gasteiger partial charge in [0.25, 0.3) is 0 Å². The van der Waals surface area contributed by atoms with Crippen LogP contribution in [0.1, 0.15) is 53.4 Å². The van der Waals surface area contributed by atoms with Crippen LogP contribution < -0.4 is 0 Å². The van der Waals surface area contributed by atoms with Crippen molar-refractivity contribution in [1.29, 1.82) is 0 Å². The van der Waals surface area contributed by atoms with Gasteiger partial charge in [0.15, 0.2) is 35.7 Å². The Morgan fingerprint density at radius 3 is 2.68 bits per heavy atom. The van der Waals surface area contributed by atoms with Crippen LogP contribution in [0.15, 0.2) is 24.8 Å². The van der Waals surface area contributed by atoms with Crippen molar-refractivity contribution in [2.24, 2.45) is 0 Å². The molecule has 0 aromatic heterocycles. The van der Waals surface area contributed by atoms with E-state index >= 15 is 0 Å². The molecule has 0 radical (unpaired) electrons. The molecule has 0 amide bonds. The molecule has 0 aromatic carbocycles. The van der Waals surface area contributed by atoms with Crippen molar-refractivity contribution in [3.8, 4) is 0 Å². The highest BCUT2D eigenvalue weighted by Crippen LogP contribution is 2.33. The first-order valence-corrected chi connectivity index (χ1v) is 11.9. The molecule has 7 atom stereocenters. The Hall–Kier alpha value is -1.91. The number of unbranched alkanes of at least 4 members (excludes halogenated alkanes) is 1. The summed E-state index contributed by atoms with van der Waals surface area (Å²) in [6, 6.07) is 0. The molecule has 2 fully saturated rings. The van der Waals surface area contributed by atoms with E-state index < -0.39 is 54.2 Å². The summed E-state index contributed by atoms with van der Waals surface area (Å²) in [5.41, 5.74) is 0. The predicted octanol–water partition coefficient (Wildman–Crippen LogP) is 2.45. The fourth-order valence-corrected chi connectivity index (χ4v) is 4.38. The summed E-state index contributed by atoms with van der Waals surface area (Å²) in [5.74, 6) is -2.14. The molecule has 2 saturated heterocycles. The third-order valence-corrected chi connectivity index (χ3v) is 5.95. The first kappa shape index (κ1) is 26.7. The number of hydrogen-bond acceptors (Lipinski definition) is 9. The van der Waals surface area contributed by atoms with Gasteiger partial charge in [-0.2, -0.15) is 0 Å². The van der Waals surface area contributed by atoms with E-state index in [9.17, 15) is 14.4 Å². The van der Waals surface area contributed by atoms with Gasteiger partial charge in [0.1, 0.15) is 6.10 Å². The van der Waals surface area contributed by atoms with Gasteiger partial charge < -0.3 is 28.4 Å². The summed E-state index contributed by atoms with van der Waals surface area (Å²) in [4.78, 5) is 38.1. The molecule has 0 aromatic rings. The SMILES string of the molecule is C=CC[C@@H]1C=CC(=O)[C@@H]([C@@H](OC(C)=O)[C@H]2O[C@H](CC3COC(C)(C)O3)[C@H](OCCCC)C2=O)O1. The maximum Gasteiger partial charge on any atom is 0.303 e. The number of ether oxygens (including phenoxy) is 6. The highest BCUT2D eigenvalue weighted by atomic mass is 16.7. The zero-order chi connectivity index (χ0) is 24.9. The molecule has 9 heteroatoms. The molecule has 34 heavy (non-hydrogen) atoms. The summed E-state index contributed by atoms with van der Waals surface area (Å²) in [7, 11) is 0. The van der Waals surface area contributed by atoms with Crippen LogP contribution in [0.5, 0.6) is 0 Å². The quantitative estimate of drug-likeness (QED) is 0.250. The van der Waals surface area contributed by atoms with Gasteiger partial charge in [-0.1, -0.05) is 25.5 Å². The fraction of sp³-hybridized carbons (Fsp3) is 0.720. The highest BCUT2D eigenvalue weighted by Gasteiger charge is 2.53. The van der Waals surface area contributed by atoms with Crippen molar-refractivity contribution in [2.45, 2.75) is 102 Å². The minimum atomic E-state index is -1.24. The molecule has 0 bridgehead atoms. The molecule has 0 N–H and O–H groups in total. The standard InChI is InChI=1S/C25H36O9/c1-6-8-12-29-22-19(13-17-14-30-25(4,5)34-17)33-23(20(22)28)24(31-15(3)26)21-18(27)11-10-16(32-21)9-7-2/h7,10-11,16-17,19,21-24H,2,6,8-9,12-14H2,1,3-5H3/t16-,17?,19-,21+,22+,23+,24-/m1/s1. The first-order chi connectivity index (χ1) is 16.1. The molecule has 3 aliphatic heterocycles. The Morgan fingerprint density at radius 1 is 1.29 bits per heavy atom. The lowest BCUT2D eigenvalue weighted by atomic mass is 9.96. The normalized spacial score (nSPS) is 33.8. The third-order valence-electron chi connectivity index (χ3n) is 5.95. The lowest BCUT2D eigenvalue weighted by Gasteiger charge is -2.32. The smallest absolute Gasteiger partial charge is 0.303 e. The van der Waals surface area contributed by atoms with Crippen LogP contribution in [0, 0.1) is 0 Å². The van der Waals surface area contributed by atoms with Crippen molar-refractivity contribution in [3.05, 3.63) is 24.8 Å². The van der Waals surface area contributed by atoms with Gasteiger partial charge in [-0.15, -0.1) is 6.58 Å². The van der Waals surface area contributed by atoms with Crippen LogP contribution in [0.4, 0.5) is 0 Å². The average molecular weight is 481 g/mol. The van der Waals surface area contributed by atoms with Gasteiger partial charge >= 0.3 is 5.97 Å². The molecule has 1 unspecified atom stereocenters. The van der Waals surface area contributed by atoms with Crippen molar-refractivity contribution in [2.75, 3.05) is 13.2 Å². The number of ketones is 2. The lowest BCUT2D eigenvalue weighted by molar-refractivity contribution is -0.179. The second-order valence-corrected chi connectivity index (χ2v) is 9.28. The molecule has 0 saturated carbocycles. The van der Waals surface area contributed by atoms with E-state index in [0.717, 1.165) is 12.8 Å². The Labute approximate surface area is 200 Å². The number of rotatable bonds is 11. The van der Waals surface area contributed by atoms with Gasteiger partial charge in [-0.3, -0.25) is 14.4 Å². The molecule has 3 rings (SSSR count). The topological polar surface area (TPSA) is 107 Å². The van der Waals surface area contributed by atoms with Gasteiger partial charge in [0.2, 0.25) is 0 Å². The molecule has 9 nitrogen and oxygen atoms in total. The van der Waals surface area contributed by atoms with E-state index in [1.165, 1.54) is 13.0 Å². The van der Waals surface area contributed by atoms with Crippen molar-refractivity contribution in [3.63, 3.8) is 0 Å². The maximum absolute atomic E-state index is 13.5. The maximum atomic E-state index is 13.5. The highest BCUT2D eigenvalue weighted by molar-refractivity contribution is 5.97. The van der Waals surface area contributed by atoms with E-state index in [1.54, 1.807) is 12.2 Å². The van der Waals surface area contributed by atoms with Crippen LogP contribution in [0.2, 0.25) is 0 Å². The zero-order valence-corrected chi connectivity index (χ0v) is 20.4. The van der Waals surface area contributed by atoms with Crippen LogP contribution in [-0.4, -0.2) is 79.3 Å².